The number of hydrogen-bond acceptors (Lipinski definition) is 5. The second-order valence-electron chi connectivity index (χ2n) is 5.31. The zero-order valence-corrected chi connectivity index (χ0v) is 11.4. The maximum Gasteiger partial charge on any atom is 0.164 e. The van der Waals surface area contributed by atoms with Gasteiger partial charge < -0.3 is 24.6 Å². The number of fused-ring (bicyclic) bond motifs is 1. The van der Waals surface area contributed by atoms with Gasteiger partial charge in [0.05, 0.1) is 24.0 Å². The second kappa shape index (κ2) is 4.82. The number of imidazole rings is 1. The smallest absolute Gasteiger partial charge is 0.164 e. The van der Waals surface area contributed by atoms with Gasteiger partial charge in [-0.25, -0.2) is 4.98 Å². The van der Waals surface area contributed by atoms with Crippen LogP contribution < -0.4 is 0 Å². The van der Waals surface area contributed by atoms with E-state index >= 15 is 0 Å². The van der Waals surface area contributed by atoms with Crippen molar-refractivity contribution in [3.63, 3.8) is 0 Å². The van der Waals surface area contributed by atoms with Crippen LogP contribution in [0.2, 0.25) is 0 Å². The SMILES string of the molecule is Cc1cc2ncn([C@H]3O[C@@H](CO)[C@@H](O)[C@@H]3O)c2cc1C. The Balaban J connectivity index is 2.05. The minimum Gasteiger partial charge on any atom is -0.394 e. The van der Waals surface area contributed by atoms with Crippen LogP contribution in [0.25, 0.3) is 11.0 Å². The molecule has 20 heavy (non-hydrogen) atoms. The molecule has 0 saturated carbocycles. The van der Waals surface area contributed by atoms with E-state index < -0.39 is 24.5 Å². The van der Waals surface area contributed by atoms with Crippen molar-refractivity contribution in [3.8, 4) is 0 Å². The molecule has 3 N–H and O–H groups in total. The van der Waals surface area contributed by atoms with Crippen molar-refractivity contribution >= 4 is 11.0 Å². The van der Waals surface area contributed by atoms with E-state index in [-0.39, 0.29) is 6.61 Å². The van der Waals surface area contributed by atoms with E-state index in [1.54, 1.807) is 10.9 Å². The maximum absolute atomic E-state index is 10.1. The molecule has 3 rings (SSSR count). The van der Waals surface area contributed by atoms with Crippen LogP contribution in [0.3, 0.4) is 0 Å². The third-order valence-corrected chi connectivity index (χ3v) is 3.98. The Morgan fingerprint density at radius 3 is 2.55 bits per heavy atom. The van der Waals surface area contributed by atoms with Gasteiger partial charge in [0.25, 0.3) is 0 Å². The fourth-order valence-corrected chi connectivity index (χ4v) is 2.60. The van der Waals surface area contributed by atoms with Gasteiger partial charge in [0.2, 0.25) is 0 Å². The highest BCUT2D eigenvalue weighted by Gasteiger charge is 2.43. The van der Waals surface area contributed by atoms with Crippen molar-refractivity contribution in [3.05, 3.63) is 29.6 Å². The van der Waals surface area contributed by atoms with Gasteiger partial charge in [0.1, 0.15) is 18.3 Å². The van der Waals surface area contributed by atoms with Crippen LogP contribution in [0.15, 0.2) is 18.5 Å². The number of benzene rings is 1. The first kappa shape index (κ1) is 13.5. The number of aryl methyl sites for hydroxylation is 2. The molecule has 4 atom stereocenters. The predicted molar refractivity (Wildman–Crippen MR) is 72.2 cm³/mol. The summed E-state index contributed by atoms with van der Waals surface area (Å²) in [6.45, 7) is 3.68. The number of aliphatic hydroxyl groups excluding tert-OH is 3. The Bertz CT molecular complexity index is 639. The zero-order chi connectivity index (χ0) is 14.4. The molecule has 0 amide bonds. The lowest BCUT2D eigenvalue weighted by atomic mass is 10.1. The van der Waals surface area contributed by atoms with Crippen molar-refractivity contribution < 1.29 is 20.1 Å². The standard InChI is InChI=1S/C14H18N2O4/c1-7-3-9-10(4-8(7)2)16(6-15-9)14-13(19)12(18)11(5-17)20-14/h3-4,6,11-14,17-19H,5H2,1-2H3/t11-,12+,13-,14-/m0/s1. The lowest BCUT2D eigenvalue weighted by molar-refractivity contribution is -0.0508. The Hall–Kier alpha value is -1.47. The predicted octanol–water partition coefficient (Wildman–Crippen LogP) is 0.265. The second-order valence-corrected chi connectivity index (χ2v) is 5.31. The summed E-state index contributed by atoms with van der Waals surface area (Å²) in [5.41, 5.74) is 3.91. The molecule has 1 aliphatic heterocycles. The molecular weight excluding hydrogens is 260 g/mol. The van der Waals surface area contributed by atoms with Gasteiger partial charge in [-0.05, 0) is 37.1 Å². The summed E-state index contributed by atoms with van der Waals surface area (Å²) in [6.07, 6.45) is -2.13. The maximum atomic E-state index is 10.1. The van der Waals surface area contributed by atoms with Crippen LogP contribution >= 0.6 is 0 Å². The molecule has 108 valence electrons. The number of rotatable bonds is 2. The summed E-state index contributed by atoms with van der Waals surface area (Å²) in [5, 5.41) is 29.1. The van der Waals surface area contributed by atoms with Crippen LogP contribution in [-0.4, -0.2) is 49.8 Å². The van der Waals surface area contributed by atoms with E-state index in [0.717, 1.165) is 22.2 Å². The normalized spacial score (nSPS) is 30.2. The van der Waals surface area contributed by atoms with Crippen LogP contribution in [0, 0.1) is 13.8 Å². The van der Waals surface area contributed by atoms with Gasteiger partial charge in [0, 0.05) is 0 Å². The third-order valence-electron chi connectivity index (χ3n) is 3.98. The fourth-order valence-electron chi connectivity index (χ4n) is 2.60. The lowest BCUT2D eigenvalue weighted by Crippen LogP contribution is -2.33. The third kappa shape index (κ3) is 1.92. The molecule has 6 heteroatoms. The van der Waals surface area contributed by atoms with Crippen molar-refractivity contribution in [2.24, 2.45) is 0 Å². The van der Waals surface area contributed by atoms with Gasteiger partial charge in [0.15, 0.2) is 6.23 Å². The van der Waals surface area contributed by atoms with E-state index in [0.29, 0.717) is 0 Å². The Labute approximate surface area is 116 Å². The average molecular weight is 278 g/mol. The first-order chi connectivity index (χ1) is 9.52. The van der Waals surface area contributed by atoms with Gasteiger partial charge >= 0.3 is 0 Å². The first-order valence-corrected chi connectivity index (χ1v) is 6.59. The number of aromatic nitrogens is 2. The van der Waals surface area contributed by atoms with Crippen LogP contribution in [-0.2, 0) is 4.74 Å². The van der Waals surface area contributed by atoms with Crippen molar-refractivity contribution in [1.29, 1.82) is 0 Å². The molecule has 2 aromatic rings. The van der Waals surface area contributed by atoms with E-state index in [1.165, 1.54) is 0 Å². The van der Waals surface area contributed by atoms with E-state index in [9.17, 15) is 10.2 Å². The number of hydrogen-bond donors (Lipinski definition) is 3. The highest BCUT2D eigenvalue weighted by Crippen LogP contribution is 2.32. The monoisotopic (exact) mass is 278 g/mol. The highest BCUT2D eigenvalue weighted by atomic mass is 16.6. The molecule has 1 aromatic heterocycles. The summed E-state index contributed by atoms with van der Waals surface area (Å²) in [6, 6.07) is 3.95. The van der Waals surface area contributed by atoms with Gasteiger partial charge in [-0.2, -0.15) is 0 Å². The van der Waals surface area contributed by atoms with Gasteiger partial charge in [-0.1, -0.05) is 0 Å². The lowest BCUT2D eigenvalue weighted by Gasteiger charge is -2.17. The van der Waals surface area contributed by atoms with Crippen molar-refractivity contribution in [2.45, 2.75) is 38.4 Å². The number of aliphatic hydroxyl groups is 3. The summed E-state index contributed by atoms with van der Waals surface area (Å²) in [4.78, 5) is 4.30. The number of ether oxygens (including phenoxy) is 1. The summed E-state index contributed by atoms with van der Waals surface area (Å²) in [7, 11) is 0. The quantitative estimate of drug-likeness (QED) is 0.733. The summed E-state index contributed by atoms with van der Waals surface area (Å²) >= 11 is 0. The molecule has 2 heterocycles. The summed E-state index contributed by atoms with van der Waals surface area (Å²) < 4.78 is 7.23. The first-order valence-electron chi connectivity index (χ1n) is 6.59. The average Bonchev–Trinajstić information content (AvgIpc) is 2.94. The van der Waals surface area contributed by atoms with Crippen LogP contribution in [0.5, 0.6) is 0 Å². The largest absolute Gasteiger partial charge is 0.394 e. The molecule has 0 aliphatic carbocycles. The molecule has 1 aromatic carbocycles. The molecule has 0 spiro atoms. The highest BCUT2D eigenvalue weighted by molar-refractivity contribution is 5.77. The molecule has 1 aliphatic rings. The minimum absolute atomic E-state index is 0.334. The molecule has 0 bridgehead atoms. The van der Waals surface area contributed by atoms with Crippen molar-refractivity contribution in [1.82, 2.24) is 9.55 Å². The van der Waals surface area contributed by atoms with Gasteiger partial charge in [-0.15, -0.1) is 0 Å². The molecule has 0 unspecified atom stereocenters. The summed E-state index contributed by atoms with van der Waals surface area (Å²) in [5.74, 6) is 0. The van der Waals surface area contributed by atoms with Gasteiger partial charge in [-0.3, -0.25) is 0 Å². The van der Waals surface area contributed by atoms with Crippen LogP contribution in [0.1, 0.15) is 17.4 Å². The number of nitrogens with zero attached hydrogens (tertiary/aromatic N) is 2. The Morgan fingerprint density at radius 2 is 1.90 bits per heavy atom. The molecule has 1 fully saturated rings. The molecule has 0 radical (unpaired) electrons. The Morgan fingerprint density at radius 1 is 1.20 bits per heavy atom. The zero-order valence-electron chi connectivity index (χ0n) is 11.4. The Kier molecular flexibility index (Phi) is 3.25. The van der Waals surface area contributed by atoms with E-state index in [4.69, 9.17) is 9.84 Å². The topological polar surface area (TPSA) is 87.7 Å². The fraction of sp³-hybridized carbons (Fsp3) is 0.500. The molecule has 1 saturated heterocycles. The van der Waals surface area contributed by atoms with E-state index in [1.807, 2.05) is 26.0 Å². The van der Waals surface area contributed by atoms with Crippen molar-refractivity contribution in [2.75, 3.05) is 6.61 Å². The minimum atomic E-state index is -1.10. The molecule has 6 nitrogen and oxygen atoms in total. The van der Waals surface area contributed by atoms with Crippen LogP contribution in [0.4, 0.5) is 0 Å². The van der Waals surface area contributed by atoms with E-state index in [2.05, 4.69) is 4.98 Å². The molecular formula is C14H18N2O4.